The van der Waals surface area contributed by atoms with Crippen molar-refractivity contribution in [3.8, 4) is 34.2 Å². The van der Waals surface area contributed by atoms with E-state index in [1.54, 1.807) is 30.3 Å². The summed E-state index contributed by atoms with van der Waals surface area (Å²) in [4.78, 5) is 11.7. The number of phenols is 2. The van der Waals surface area contributed by atoms with Crippen LogP contribution in [0.4, 0.5) is 4.39 Å². The van der Waals surface area contributed by atoms with Crippen molar-refractivity contribution in [3.63, 3.8) is 0 Å². The monoisotopic (exact) mass is 432 g/mol. The van der Waals surface area contributed by atoms with Crippen molar-refractivity contribution in [1.29, 1.82) is 0 Å². The Morgan fingerprint density at radius 1 is 1.00 bits per heavy atom. The first-order valence-electron chi connectivity index (χ1n) is 9.85. The lowest BCUT2D eigenvalue weighted by atomic mass is 10.1. The van der Waals surface area contributed by atoms with Gasteiger partial charge in [-0.3, -0.25) is 4.79 Å². The third-order valence-electron chi connectivity index (χ3n) is 5.13. The predicted octanol–water partition coefficient (Wildman–Crippen LogP) is 4.68. The molecule has 162 valence electrons. The number of ether oxygens (including phenoxy) is 1. The van der Waals surface area contributed by atoms with Gasteiger partial charge in [0.05, 0.1) is 11.3 Å². The Bertz CT molecular complexity index is 1300. The van der Waals surface area contributed by atoms with Gasteiger partial charge in [-0.2, -0.15) is 0 Å². The first-order valence-corrected chi connectivity index (χ1v) is 9.85. The molecular formula is C25H21FN2O4. The van der Waals surface area contributed by atoms with Crippen LogP contribution in [0.2, 0.25) is 0 Å². The van der Waals surface area contributed by atoms with Gasteiger partial charge in [-0.25, -0.2) is 4.39 Å². The Kier molecular flexibility index (Phi) is 5.55. The highest BCUT2D eigenvalue weighted by Crippen LogP contribution is 2.37. The molecule has 0 spiro atoms. The second kappa shape index (κ2) is 8.47. The fourth-order valence-corrected chi connectivity index (χ4v) is 3.54. The number of rotatable bonds is 6. The summed E-state index contributed by atoms with van der Waals surface area (Å²) in [6, 6.07) is 19.1. The van der Waals surface area contributed by atoms with Crippen LogP contribution in [0.1, 0.15) is 21.6 Å². The molecule has 0 bridgehead atoms. The quantitative estimate of drug-likeness (QED) is 0.412. The van der Waals surface area contributed by atoms with Crippen molar-refractivity contribution in [2.45, 2.75) is 13.5 Å². The number of halogens is 1. The lowest BCUT2D eigenvalue weighted by Gasteiger charge is -2.17. The third kappa shape index (κ3) is 4.13. The Hall–Kier alpha value is -4.26. The van der Waals surface area contributed by atoms with Crippen LogP contribution in [0.25, 0.3) is 16.9 Å². The minimum absolute atomic E-state index is 0.00485. The summed E-state index contributed by atoms with van der Waals surface area (Å²) >= 11 is 0. The summed E-state index contributed by atoms with van der Waals surface area (Å²) in [5, 5.41) is 20.1. The van der Waals surface area contributed by atoms with Gasteiger partial charge in [-0.1, -0.05) is 12.1 Å². The SMILES string of the molecule is Cc1ccc(-c2cc(O)ccc2OCc2ccc(F)cc2)n1-c1ccc(O)c(C(N)=O)c1. The molecule has 0 aliphatic rings. The van der Waals surface area contributed by atoms with Gasteiger partial charge in [0, 0.05) is 16.9 Å². The molecule has 0 unspecified atom stereocenters. The molecule has 1 aromatic heterocycles. The standard InChI is InChI=1S/C25H21FN2O4/c1-15-2-9-22(28(15)18-7-10-23(30)21(12-18)25(27)31)20-13-19(29)8-11-24(20)32-14-16-3-5-17(26)6-4-16/h2-13,29-30H,14H2,1H3,(H2,27,31). The summed E-state index contributed by atoms with van der Waals surface area (Å²) < 4.78 is 21.0. The lowest BCUT2D eigenvalue weighted by Crippen LogP contribution is -2.12. The van der Waals surface area contributed by atoms with E-state index in [0.717, 1.165) is 11.3 Å². The van der Waals surface area contributed by atoms with Crippen LogP contribution in [0.15, 0.2) is 72.8 Å². The zero-order chi connectivity index (χ0) is 22.8. The number of aromatic hydroxyl groups is 2. The first-order chi connectivity index (χ1) is 15.3. The van der Waals surface area contributed by atoms with Crippen LogP contribution in [0, 0.1) is 12.7 Å². The normalized spacial score (nSPS) is 10.8. The fraction of sp³-hybridized carbons (Fsp3) is 0.0800. The van der Waals surface area contributed by atoms with Crippen molar-refractivity contribution in [2.75, 3.05) is 0 Å². The summed E-state index contributed by atoms with van der Waals surface area (Å²) in [6.45, 7) is 2.10. The van der Waals surface area contributed by atoms with E-state index < -0.39 is 5.91 Å². The van der Waals surface area contributed by atoms with Crippen molar-refractivity contribution >= 4 is 5.91 Å². The summed E-state index contributed by atoms with van der Waals surface area (Å²) in [5.41, 5.74) is 8.98. The Labute approximate surface area is 183 Å². The van der Waals surface area contributed by atoms with E-state index in [1.807, 2.05) is 23.6 Å². The molecule has 0 saturated heterocycles. The Morgan fingerprint density at radius 3 is 2.47 bits per heavy atom. The van der Waals surface area contributed by atoms with Gasteiger partial charge in [-0.05, 0) is 73.2 Å². The minimum atomic E-state index is -0.739. The number of primary amides is 1. The zero-order valence-corrected chi connectivity index (χ0v) is 17.2. The maximum atomic E-state index is 13.2. The number of phenolic OH excluding ortho intramolecular Hbond substituents is 1. The first kappa shape index (κ1) is 21.0. The third-order valence-corrected chi connectivity index (χ3v) is 5.13. The van der Waals surface area contributed by atoms with Crippen molar-refractivity contribution < 1.29 is 24.1 Å². The van der Waals surface area contributed by atoms with Crippen molar-refractivity contribution in [3.05, 3.63) is 95.4 Å². The second-order valence-electron chi connectivity index (χ2n) is 7.36. The average Bonchev–Trinajstić information content (AvgIpc) is 3.15. The van der Waals surface area contributed by atoms with E-state index in [0.29, 0.717) is 22.7 Å². The molecule has 1 amide bonds. The number of aryl methyl sites for hydroxylation is 1. The molecule has 32 heavy (non-hydrogen) atoms. The number of carbonyl (C=O) groups excluding carboxylic acids is 1. The smallest absolute Gasteiger partial charge is 0.252 e. The minimum Gasteiger partial charge on any atom is -0.508 e. The highest BCUT2D eigenvalue weighted by molar-refractivity contribution is 5.96. The zero-order valence-electron chi connectivity index (χ0n) is 17.2. The molecule has 0 atom stereocenters. The topological polar surface area (TPSA) is 97.7 Å². The molecule has 1 heterocycles. The maximum Gasteiger partial charge on any atom is 0.252 e. The van der Waals surface area contributed by atoms with Crippen molar-refractivity contribution in [2.24, 2.45) is 5.73 Å². The van der Waals surface area contributed by atoms with E-state index in [2.05, 4.69) is 0 Å². The van der Waals surface area contributed by atoms with E-state index in [1.165, 1.54) is 30.3 Å². The summed E-state index contributed by atoms with van der Waals surface area (Å²) in [6.07, 6.45) is 0. The largest absolute Gasteiger partial charge is 0.508 e. The van der Waals surface area contributed by atoms with Gasteiger partial charge in [0.15, 0.2) is 0 Å². The molecule has 6 nitrogen and oxygen atoms in total. The number of hydrogen-bond acceptors (Lipinski definition) is 4. The van der Waals surface area contributed by atoms with Crippen molar-refractivity contribution in [1.82, 2.24) is 4.57 Å². The van der Waals surface area contributed by atoms with Crippen LogP contribution >= 0.6 is 0 Å². The molecule has 0 radical (unpaired) electrons. The van der Waals surface area contributed by atoms with Crippen LogP contribution in [0.3, 0.4) is 0 Å². The van der Waals surface area contributed by atoms with Crippen LogP contribution in [-0.2, 0) is 6.61 Å². The average molecular weight is 432 g/mol. The molecule has 0 saturated carbocycles. The lowest BCUT2D eigenvalue weighted by molar-refractivity contribution is 0.0997. The number of benzene rings is 3. The van der Waals surface area contributed by atoms with Gasteiger partial charge >= 0.3 is 0 Å². The van der Waals surface area contributed by atoms with E-state index in [4.69, 9.17) is 10.5 Å². The number of carbonyl (C=O) groups is 1. The van der Waals surface area contributed by atoms with Gasteiger partial charge < -0.3 is 25.3 Å². The molecule has 0 aliphatic heterocycles. The highest BCUT2D eigenvalue weighted by Gasteiger charge is 2.17. The Morgan fingerprint density at radius 2 is 1.75 bits per heavy atom. The molecule has 7 heteroatoms. The fourth-order valence-electron chi connectivity index (χ4n) is 3.54. The van der Waals surface area contributed by atoms with Crippen LogP contribution < -0.4 is 10.5 Å². The highest BCUT2D eigenvalue weighted by atomic mass is 19.1. The van der Waals surface area contributed by atoms with Crippen LogP contribution in [0.5, 0.6) is 17.2 Å². The number of nitrogens with two attached hydrogens (primary N) is 1. The van der Waals surface area contributed by atoms with Gasteiger partial charge in [0.1, 0.15) is 29.7 Å². The summed E-state index contributed by atoms with van der Waals surface area (Å²) in [5.74, 6) is -0.690. The number of amides is 1. The maximum absolute atomic E-state index is 13.2. The van der Waals surface area contributed by atoms with Crippen LogP contribution in [-0.4, -0.2) is 20.7 Å². The molecule has 4 aromatic rings. The van der Waals surface area contributed by atoms with E-state index in [9.17, 15) is 19.4 Å². The molecule has 0 fully saturated rings. The molecule has 0 aliphatic carbocycles. The summed E-state index contributed by atoms with van der Waals surface area (Å²) in [7, 11) is 0. The predicted molar refractivity (Wildman–Crippen MR) is 119 cm³/mol. The number of nitrogens with zero attached hydrogens (tertiary/aromatic N) is 1. The van der Waals surface area contributed by atoms with Gasteiger partial charge in [-0.15, -0.1) is 0 Å². The molecule has 4 N–H and O–H groups in total. The number of hydrogen-bond donors (Lipinski definition) is 3. The Balaban J connectivity index is 1.77. The molecular weight excluding hydrogens is 411 g/mol. The second-order valence-corrected chi connectivity index (χ2v) is 7.36. The van der Waals surface area contributed by atoms with Gasteiger partial charge in [0.25, 0.3) is 5.91 Å². The van der Waals surface area contributed by atoms with E-state index >= 15 is 0 Å². The molecule has 4 rings (SSSR count). The number of aromatic nitrogens is 1. The molecule has 3 aromatic carbocycles. The van der Waals surface area contributed by atoms with Gasteiger partial charge in [0.2, 0.25) is 0 Å². The van der Waals surface area contributed by atoms with E-state index in [-0.39, 0.29) is 29.5 Å².